The van der Waals surface area contributed by atoms with E-state index < -0.39 is 0 Å². The Hall–Kier alpha value is -1.05. The molecule has 0 atom stereocenters. The maximum absolute atomic E-state index is 11.0. The van der Waals surface area contributed by atoms with Crippen LogP contribution in [0.5, 0.6) is 0 Å². The molecule has 0 fully saturated rings. The molecule has 2 nitrogen and oxygen atoms in total. The summed E-state index contributed by atoms with van der Waals surface area (Å²) in [5.74, 6) is -0.0149. The van der Waals surface area contributed by atoms with Crippen molar-refractivity contribution in [3.05, 3.63) is 23.8 Å². The molecule has 0 saturated carbocycles. The minimum Gasteiger partial charge on any atom is -0.355 e. The van der Waals surface area contributed by atoms with Crippen molar-refractivity contribution in [2.24, 2.45) is 0 Å². The lowest BCUT2D eigenvalue weighted by molar-refractivity contribution is -0.117. The number of likely N-dealkylation sites (N-methyl/N-ethyl adjacent to an activating group) is 1. The molecule has 0 aromatic rings. The van der Waals surface area contributed by atoms with Gasteiger partial charge >= 0.3 is 0 Å². The summed E-state index contributed by atoms with van der Waals surface area (Å²) in [7, 11) is 1.63. The molecule has 0 aliphatic rings. The number of amides is 1. The molecule has 0 rings (SSSR count). The van der Waals surface area contributed by atoms with E-state index in [2.05, 4.69) is 18.8 Å². The lowest BCUT2D eigenvalue weighted by Crippen LogP contribution is -2.18. The van der Waals surface area contributed by atoms with Crippen LogP contribution in [0.2, 0.25) is 0 Å². The van der Waals surface area contributed by atoms with Crippen molar-refractivity contribution in [2.45, 2.75) is 26.7 Å². The Bertz CT molecular complexity index is 204. The van der Waals surface area contributed by atoms with Crippen LogP contribution in [0, 0.1) is 0 Å². The Morgan fingerprint density at radius 1 is 1.58 bits per heavy atom. The largest absolute Gasteiger partial charge is 0.355 e. The predicted molar refractivity (Wildman–Crippen MR) is 51.9 cm³/mol. The van der Waals surface area contributed by atoms with Gasteiger partial charge in [-0.1, -0.05) is 25.2 Å². The summed E-state index contributed by atoms with van der Waals surface area (Å²) < 4.78 is 0. The van der Waals surface area contributed by atoms with Gasteiger partial charge in [0.25, 0.3) is 0 Å². The second-order valence-corrected chi connectivity index (χ2v) is 2.77. The second-order valence-electron chi connectivity index (χ2n) is 2.77. The second kappa shape index (κ2) is 5.58. The van der Waals surface area contributed by atoms with Gasteiger partial charge in [0.2, 0.25) is 5.91 Å². The lowest BCUT2D eigenvalue weighted by Gasteiger charge is -2.00. The third kappa shape index (κ3) is 3.96. The molecule has 68 valence electrons. The normalized spacial score (nSPS) is 11.1. The fourth-order valence-electron chi connectivity index (χ4n) is 0.732. The molecule has 0 bridgehead atoms. The van der Waals surface area contributed by atoms with E-state index in [1.807, 2.05) is 13.0 Å². The van der Waals surface area contributed by atoms with Crippen molar-refractivity contribution in [3.8, 4) is 0 Å². The standard InChI is InChI=1S/C10H17NO/c1-5-8(2)6-7-9(3)10(12)11-4/h7H,2,5-6H2,1,3-4H3,(H,11,12)/b9-7+. The molecule has 2 heteroatoms. The first-order chi connectivity index (χ1) is 5.61. The minimum atomic E-state index is -0.0149. The number of carbonyl (C=O) groups excluding carboxylic acids is 1. The van der Waals surface area contributed by atoms with Crippen LogP contribution >= 0.6 is 0 Å². The number of rotatable bonds is 4. The van der Waals surface area contributed by atoms with Gasteiger partial charge in [-0.2, -0.15) is 0 Å². The molecule has 0 unspecified atom stereocenters. The van der Waals surface area contributed by atoms with E-state index >= 15 is 0 Å². The van der Waals surface area contributed by atoms with Gasteiger partial charge in [-0.25, -0.2) is 0 Å². The van der Waals surface area contributed by atoms with E-state index in [4.69, 9.17) is 0 Å². The molecule has 1 N–H and O–H groups in total. The van der Waals surface area contributed by atoms with Gasteiger partial charge < -0.3 is 5.32 Å². The number of hydrogen-bond donors (Lipinski definition) is 1. The first-order valence-electron chi connectivity index (χ1n) is 4.17. The molecular formula is C10H17NO. The van der Waals surface area contributed by atoms with Gasteiger partial charge in [0.05, 0.1) is 0 Å². The Morgan fingerprint density at radius 3 is 2.58 bits per heavy atom. The quantitative estimate of drug-likeness (QED) is 0.504. The van der Waals surface area contributed by atoms with Crippen molar-refractivity contribution >= 4 is 5.91 Å². The van der Waals surface area contributed by atoms with Crippen molar-refractivity contribution in [1.29, 1.82) is 0 Å². The molecule has 12 heavy (non-hydrogen) atoms. The smallest absolute Gasteiger partial charge is 0.246 e. The molecule has 0 aromatic heterocycles. The van der Waals surface area contributed by atoms with Gasteiger partial charge in [0.15, 0.2) is 0 Å². The molecule has 0 radical (unpaired) electrons. The number of nitrogens with one attached hydrogen (secondary N) is 1. The van der Waals surface area contributed by atoms with Crippen molar-refractivity contribution in [3.63, 3.8) is 0 Å². The lowest BCUT2D eigenvalue weighted by atomic mass is 10.1. The van der Waals surface area contributed by atoms with Crippen LogP contribution in [0.4, 0.5) is 0 Å². The maximum Gasteiger partial charge on any atom is 0.246 e. The summed E-state index contributed by atoms with van der Waals surface area (Å²) >= 11 is 0. The van der Waals surface area contributed by atoms with Crippen LogP contribution in [-0.2, 0) is 4.79 Å². The Morgan fingerprint density at radius 2 is 2.17 bits per heavy atom. The topological polar surface area (TPSA) is 29.1 Å². The van der Waals surface area contributed by atoms with Crippen molar-refractivity contribution < 1.29 is 4.79 Å². The first kappa shape index (κ1) is 11.0. The molecule has 0 spiro atoms. The molecule has 0 aliphatic heterocycles. The molecule has 0 heterocycles. The van der Waals surface area contributed by atoms with Crippen molar-refractivity contribution in [1.82, 2.24) is 5.32 Å². The minimum absolute atomic E-state index is 0.0149. The third-order valence-corrected chi connectivity index (χ3v) is 1.78. The molecule has 0 aliphatic carbocycles. The summed E-state index contributed by atoms with van der Waals surface area (Å²) in [6.07, 6.45) is 3.68. The van der Waals surface area contributed by atoms with Gasteiger partial charge in [0.1, 0.15) is 0 Å². The summed E-state index contributed by atoms with van der Waals surface area (Å²) in [5.41, 5.74) is 1.91. The fourth-order valence-corrected chi connectivity index (χ4v) is 0.732. The van der Waals surface area contributed by atoms with Crippen LogP contribution in [0.1, 0.15) is 26.7 Å². The van der Waals surface area contributed by atoms with Crippen LogP contribution in [0.25, 0.3) is 0 Å². The number of carbonyl (C=O) groups is 1. The fraction of sp³-hybridized carbons (Fsp3) is 0.500. The Balaban J connectivity index is 4.00. The zero-order valence-corrected chi connectivity index (χ0v) is 8.11. The maximum atomic E-state index is 11.0. The van der Waals surface area contributed by atoms with Gasteiger partial charge in [-0.15, -0.1) is 0 Å². The Labute approximate surface area is 74.4 Å². The average molecular weight is 167 g/mol. The summed E-state index contributed by atoms with van der Waals surface area (Å²) in [6, 6.07) is 0. The highest BCUT2D eigenvalue weighted by Crippen LogP contribution is 2.06. The van der Waals surface area contributed by atoms with E-state index in [1.165, 1.54) is 0 Å². The first-order valence-corrected chi connectivity index (χ1v) is 4.17. The zero-order chi connectivity index (χ0) is 9.56. The number of allylic oxidation sites excluding steroid dienone is 2. The van der Waals surface area contributed by atoms with E-state index in [0.29, 0.717) is 0 Å². The average Bonchev–Trinajstić information content (AvgIpc) is 2.11. The molecule has 0 saturated heterocycles. The van der Waals surface area contributed by atoms with Crippen LogP contribution < -0.4 is 5.32 Å². The summed E-state index contributed by atoms with van der Waals surface area (Å²) in [4.78, 5) is 11.0. The highest BCUT2D eigenvalue weighted by atomic mass is 16.1. The SMILES string of the molecule is C=C(CC)C/C=C(\C)C(=O)NC. The van der Waals surface area contributed by atoms with Crippen LogP contribution in [0.15, 0.2) is 23.8 Å². The van der Waals surface area contributed by atoms with E-state index in [9.17, 15) is 4.79 Å². The zero-order valence-electron chi connectivity index (χ0n) is 8.11. The third-order valence-electron chi connectivity index (χ3n) is 1.78. The van der Waals surface area contributed by atoms with Crippen LogP contribution in [-0.4, -0.2) is 13.0 Å². The van der Waals surface area contributed by atoms with E-state index in [1.54, 1.807) is 7.05 Å². The number of hydrogen-bond acceptors (Lipinski definition) is 1. The van der Waals surface area contributed by atoms with Crippen LogP contribution in [0.3, 0.4) is 0 Å². The summed E-state index contributed by atoms with van der Waals surface area (Å²) in [6.45, 7) is 7.72. The molecule has 1 amide bonds. The van der Waals surface area contributed by atoms with Gasteiger partial charge in [-0.05, 0) is 19.8 Å². The van der Waals surface area contributed by atoms with E-state index in [0.717, 1.165) is 24.0 Å². The highest BCUT2D eigenvalue weighted by molar-refractivity contribution is 5.92. The molecular weight excluding hydrogens is 150 g/mol. The Kier molecular flexibility index (Phi) is 5.09. The van der Waals surface area contributed by atoms with Gasteiger partial charge in [0, 0.05) is 12.6 Å². The summed E-state index contributed by atoms with van der Waals surface area (Å²) in [5, 5.41) is 2.57. The van der Waals surface area contributed by atoms with E-state index in [-0.39, 0.29) is 5.91 Å². The highest BCUT2D eigenvalue weighted by Gasteiger charge is 1.98. The van der Waals surface area contributed by atoms with Crippen molar-refractivity contribution in [2.75, 3.05) is 7.05 Å². The predicted octanol–water partition coefficient (Wildman–Crippen LogP) is 2.04. The molecule has 0 aromatic carbocycles. The van der Waals surface area contributed by atoms with Gasteiger partial charge in [-0.3, -0.25) is 4.79 Å². The monoisotopic (exact) mass is 167 g/mol.